The Hall–Kier alpha value is -1.04. The normalized spacial score (nSPS) is 12.7. The fourth-order valence-corrected chi connectivity index (χ4v) is 2.69. The molecule has 2 nitrogen and oxygen atoms in total. The standard InChI is InChI=1S/C12H15F3O2S/c1-2-3-4-10-5-7-11(8-6-10)18(16,17)9-12(13,14)15/h5-8H,2-4,9H2,1H3. The lowest BCUT2D eigenvalue weighted by Gasteiger charge is -2.08. The van der Waals surface area contributed by atoms with Gasteiger partial charge in [-0.2, -0.15) is 13.2 Å². The minimum absolute atomic E-state index is 0.278. The van der Waals surface area contributed by atoms with Crippen molar-refractivity contribution in [2.75, 3.05) is 5.75 Å². The van der Waals surface area contributed by atoms with Gasteiger partial charge in [-0.25, -0.2) is 8.42 Å². The maximum atomic E-state index is 12.1. The molecule has 0 radical (unpaired) electrons. The SMILES string of the molecule is CCCCc1ccc(S(=O)(=O)CC(F)(F)F)cc1. The predicted molar refractivity (Wildman–Crippen MR) is 63.2 cm³/mol. The maximum absolute atomic E-state index is 12.1. The predicted octanol–water partition coefficient (Wildman–Crippen LogP) is 3.37. The summed E-state index contributed by atoms with van der Waals surface area (Å²) in [7, 11) is -4.28. The van der Waals surface area contributed by atoms with E-state index in [1.165, 1.54) is 12.1 Å². The largest absolute Gasteiger partial charge is 0.403 e. The molecule has 102 valence electrons. The van der Waals surface area contributed by atoms with E-state index in [0.717, 1.165) is 24.8 Å². The first kappa shape index (κ1) is 15.0. The van der Waals surface area contributed by atoms with Gasteiger partial charge in [0.25, 0.3) is 0 Å². The van der Waals surface area contributed by atoms with Crippen molar-refractivity contribution in [2.24, 2.45) is 0 Å². The van der Waals surface area contributed by atoms with Crippen molar-refractivity contribution in [1.82, 2.24) is 0 Å². The monoisotopic (exact) mass is 280 g/mol. The second-order valence-corrected chi connectivity index (χ2v) is 6.11. The van der Waals surface area contributed by atoms with Gasteiger partial charge in [0.1, 0.15) is 0 Å². The van der Waals surface area contributed by atoms with Crippen LogP contribution in [0.3, 0.4) is 0 Å². The van der Waals surface area contributed by atoms with Crippen LogP contribution in [0.1, 0.15) is 25.3 Å². The first-order valence-electron chi connectivity index (χ1n) is 5.63. The van der Waals surface area contributed by atoms with Crippen LogP contribution in [0.25, 0.3) is 0 Å². The molecule has 0 aliphatic heterocycles. The van der Waals surface area contributed by atoms with E-state index in [2.05, 4.69) is 0 Å². The quantitative estimate of drug-likeness (QED) is 0.828. The van der Waals surface area contributed by atoms with Crippen molar-refractivity contribution in [3.63, 3.8) is 0 Å². The summed E-state index contributed by atoms with van der Waals surface area (Å²) in [6, 6.07) is 5.62. The topological polar surface area (TPSA) is 34.1 Å². The van der Waals surface area contributed by atoms with E-state index in [0.29, 0.717) is 0 Å². The van der Waals surface area contributed by atoms with Gasteiger partial charge in [-0.15, -0.1) is 0 Å². The summed E-state index contributed by atoms with van der Waals surface area (Å²) < 4.78 is 59.2. The minimum Gasteiger partial charge on any atom is -0.223 e. The molecule has 0 saturated heterocycles. The molecule has 0 aromatic heterocycles. The van der Waals surface area contributed by atoms with E-state index in [9.17, 15) is 21.6 Å². The van der Waals surface area contributed by atoms with Crippen LogP contribution in [0, 0.1) is 0 Å². The highest BCUT2D eigenvalue weighted by Gasteiger charge is 2.35. The van der Waals surface area contributed by atoms with Gasteiger partial charge in [-0.05, 0) is 30.5 Å². The summed E-state index contributed by atoms with van der Waals surface area (Å²) >= 11 is 0. The number of halogens is 3. The molecule has 18 heavy (non-hydrogen) atoms. The van der Waals surface area contributed by atoms with Crippen molar-refractivity contribution in [3.8, 4) is 0 Å². The van der Waals surface area contributed by atoms with Crippen molar-refractivity contribution in [2.45, 2.75) is 37.3 Å². The van der Waals surface area contributed by atoms with Crippen LogP contribution < -0.4 is 0 Å². The fourth-order valence-electron chi connectivity index (χ4n) is 1.54. The molecule has 1 aromatic rings. The van der Waals surface area contributed by atoms with Crippen molar-refractivity contribution in [3.05, 3.63) is 29.8 Å². The average Bonchev–Trinajstić information content (AvgIpc) is 2.23. The molecule has 0 fully saturated rings. The summed E-state index contributed by atoms with van der Waals surface area (Å²) in [5, 5.41) is 0. The highest BCUT2D eigenvalue weighted by Crippen LogP contribution is 2.22. The van der Waals surface area contributed by atoms with Crippen molar-refractivity contribution < 1.29 is 21.6 Å². The second kappa shape index (κ2) is 5.73. The molecule has 0 bridgehead atoms. The van der Waals surface area contributed by atoms with Gasteiger partial charge in [0.2, 0.25) is 0 Å². The third-order valence-corrected chi connectivity index (χ3v) is 4.15. The molecular weight excluding hydrogens is 265 g/mol. The Morgan fingerprint density at radius 1 is 1.11 bits per heavy atom. The number of hydrogen-bond acceptors (Lipinski definition) is 2. The Kier molecular flexibility index (Phi) is 4.78. The van der Waals surface area contributed by atoms with E-state index < -0.39 is 21.8 Å². The van der Waals surface area contributed by atoms with E-state index in [-0.39, 0.29) is 4.90 Å². The van der Waals surface area contributed by atoms with Gasteiger partial charge in [-0.3, -0.25) is 0 Å². The number of hydrogen-bond donors (Lipinski definition) is 0. The van der Waals surface area contributed by atoms with Gasteiger partial charge in [0.15, 0.2) is 15.6 Å². The minimum atomic E-state index is -4.71. The smallest absolute Gasteiger partial charge is 0.223 e. The van der Waals surface area contributed by atoms with Gasteiger partial charge in [-0.1, -0.05) is 25.5 Å². The van der Waals surface area contributed by atoms with Crippen molar-refractivity contribution >= 4 is 9.84 Å². The van der Waals surface area contributed by atoms with E-state index in [1.807, 2.05) is 6.92 Å². The summed E-state index contributed by atoms with van der Waals surface area (Å²) in [4.78, 5) is -0.278. The lowest BCUT2D eigenvalue weighted by Crippen LogP contribution is -2.22. The van der Waals surface area contributed by atoms with Crippen LogP contribution in [-0.2, 0) is 16.3 Å². The summed E-state index contributed by atoms with van der Waals surface area (Å²) in [5.41, 5.74) is 0.933. The molecule has 1 rings (SSSR count). The van der Waals surface area contributed by atoms with Gasteiger partial charge in [0.05, 0.1) is 4.90 Å². The maximum Gasteiger partial charge on any atom is 0.403 e. The first-order chi connectivity index (χ1) is 8.24. The van der Waals surface area contributed by atoms with E-state index in [1.54, 1.807) is 12.1 Å². The zero-order valence-corrected chi connectivity index (χ0v) is 10.8. The Bertz CT molecular complexity index is 475. The highest BCUT2D eigenvalue weighted by molar-refractivity contribution is 7.91. The number of aryl methyl sites for hydroxylation is 1. The van der Waals surface area contributed by atoms with Crippen LogP contribution >= 0.6 is 0 Å². The number of alkyl halides is 3. The molecule has 0 N–H and O–H groups in total. The molecule has 0 saturated carbocycles. The molecule has 0 aliphatic carbocycles. The summed E-state index contributed by atoms with van der Waals surface area (Å²) in [6.45, 7) is 2.03. The van der Waals surface area contributed by atoms with Gasteiger partial charge in [0, 0.05) is 0 Å². The molecule has 0 amide bonds. The molecule has 0 unspecified atom stereocenters. The lowest BCUT2D eigenvalue weighted by atomic mass is 10.1. The van der Waals surface area contributed by atoms with Crippen LogP contribution in [0.4, 0.5) is 13.2 Å². The zero-order chi connectivity index (χ0) is 13.8. The molecule has 0 spiro atoms. The number of benzene rings is 1. The first-order valence-corrected chi connectivity index (χ1v) is 7.28. The third kappa shape index (κ3) is 4.68. The van der Waals surface area contributed by atoms with Gasteiger partial charge >= 0.3 is 6.18 Å². The third-order valence-electron chi connectivity index (χ3n) is 2.46. The average molecular weight is 280 g/mol. The summed E-state index contributed by atoms with van der Waals surface area (Å²) in [6.07, 6.45) is -1.93. The van der Waals surface area contributed by atoms with Crippen LogP contribution in [0.2, 0.25) is 0 Å². The Labute approximate surface area is 105 Å². The zero-order valence-electron chi connectivity index (χ0n) is 10.00. The molecular formula is C12H15F3O2S. The Morgan fingerprint density at radius 3 is 2.11 bits per heavy atom. The number of rotatable bonds is 5. The van der Waals surface area contributed by atoms with Gasteiger partial charge < -0.3 is 0 Å². The molecule has 0 heterocycles. The molecule has 6 heteroatoms. The van der Waals surface area contributed by atoms with Crippen molar-refractivity contribution in [1.29, 1.82) is 0 Å². The van der Waals surface area contributed by atoms with Crippen LogP contribution in [0.5, 0.6) is 0 Å². The lowest BCUT2D eigenvalue weighted by molar-refractivity contribution is -0.106. The summed E-state index contributed by atoms with van der Waals surface area (Å²) in [5.74, 6) is -1.81. The molecule has 0 atom stereocenters. The fraction of sp³-hybridized carbons (Fsp3) is 0.500. The molecule has 1 aromatic carbocycles. The van der Waals surface area contributed by atoms with Crippen LogP contribution in [0.15, 0.2) is 29.2 Å². The number of unbranched alkanes of at least 4 members (excludes halogenated alkanes) is 1. The van der Waals surface area contributed by atoms with Crippen LogP contribution in [-0.4, -0.2) is 20.3 Å². The molecule has 0 aliphatic rings. The van der Waals surface area contributed by atoms with E-state index in [4.69, 9.17) is 0 Å². The highest BCUT2D eigenvalue weighted by atomic mass is 32.2. The Balaban J connectivity index is 2.84. The number of sulfone groups is 1. The van der Waals surface area contributed by atoms with E-state index >= 15 is 0 Å². The Morgan fingerprint density at radius 2 is 1.67 bits per heavy atom. The second-order valence-electron chi connectivity index (χ2n) is 4.12.